The minimum atomic E-state index is -5.04. The Bertz CT molecular complexity index is 384. The standard InChI is InChI=1S/C9H6F3NO2/c10-9(11,12)8(14)7(13-15)6-4-2-1-3-5-6/h1-5,15H. The molecule has 0 aliphatic rings. The fourth-order valence-electron chi connectivity index (χ4n) is 0.965. The first kappa shape index (κ1) is 11.2. The number of Topliss-reactive ketones (excluding diaryl/α,β-unsaturated/α-hetero) is 1. The molecule has 80 valence electrons. The molecule has 0 spiro atoms. The number of hydrogen-bond donors (Lipinski definition) is 1. The average molecular weight is 217 g/mol. The van der Waals surface area contributed by atoms with Crippen molar-refractivity contribution in [3.05, 3.63) is 35.9 Å². The zero-order valence-corrected chi connectivity index (χ0v) is 7.32. The van der Waals surface area contributed by atoms with E-state index in [0.29, 0.717) is 0 Å². The maximum absolute atomic E-state index is 12.0. The van der Waals surface area contributed by atoms with Gasteiger partial charge in [0.25, 0.3) is 5.78 Å². The van der Waals surface area contributed by atoms with Crippen molar-refractivity contribution in [1.29, 1.82) is 0 Å². The van der Waals surface area contributed by atoms with E-state index in [1.54, 1.807) is 6.07 Å². The number of halogens is 3. The Balaban J connectivity index is 3.08. The molecule has 0 bridgehead atoms. The van der Waals surface area contributed by atoms with Crippen LogP contribution in [0.25, 0.3) is 0 Å². The van der Waals surface area contributed by atoms with Gasteiger partial charge in [0.1, 0.15) is 0 Å². The molecule has 6 heteroatoms. The SMILES string of the molecule is O=C(C(=NO)c1ccccc1)C(F)(F)F. The van der Waals surface area contributed by atoms with Crippen LogP contribution in [0.2, 0.25) is 0 Å². The van der Waals surface area contributed by atoms with Gasteiger partial charge >= 0.3 is 6.18 Å². The van der Waals surface area contributed by atoms with Crippen LogP contribution in [0.1, 0.15) is 5.56 Å². The van der Waals surface area contributed by atoms with Gasteiger partial charge in [-0.2, -0.15) is 13.2 Å². The Kier molecular flexibility index (Phi) is 3.08. The van der Waals surface area contributed by atoms with Crippen LogP contribution in [0.3, 0.4) is 0 Å². The van der Waals surface area contributed by atoms with Crippen LogP contribution in [0.5, 0.6) is 0 Å². The Labute approximate surface area is 82.8 Å². The second kappa shape index (κ2) is 4.12. The van der Waals surface area contributed by atoms with E-state index in [0.717, 1.165) is 0 Å². The lowest BCUT2D eigenvalue weighted by molar-refractivity contribution is -0.163. The van der Waals surface area contributed by atoms with Gasteiger partial charge in [0, 0.05) is 5.56 Å². The highest BCUT2D eigenvalue weighted by Gasteiger charge is 2.42. The van der Waals surface area contributed by atoms with Crippen molar-refractivity contribution < 1.29 is 23.2 Å². The number of hydrogen-bond acceptors (Lipinski definition) is 3. The minimum Gasteiger partial charge on any atom is -0.410 e. The first-order chi connectivity index (χ1) is 6.96. The second-order valence-corrected chi connectivity index (χ2v) is 2.64. The average Bonchev–Trinajstić information content (AvgIpc) is 2.19. The molecule has 0 aliphatic heterocycles. The molecule has 3 nitrogen and oxygen atoms in total. The van der Waals surface area contributed by atoms with E-state index in [9.17, 15) is 18.0 Å². The van der Waals surface area contributed by atoms with Crippen molar-refractivity contribution >= 4 is 11.5 Å². The van der Waals surface area contributed by atoms with Crippen LogP contribution < -0.4 is 0 Å². The van der Waals surface area contributed by atoms with Crippen LogP contribution >= 0.6 is 0 Å². The normalized spacial score (nSPS) is 12.6. The number of ketones is 1. The number of oxime groups is 1. The van der Waals surface area contributed by atoms with Crippen molar-refractivity contribution in [2.75, 3.05) is 0 Å². The quantitative estimate of drug-likeness (QED) is 0.468. The molecule has 0 saturated carbocycles. The van der Waals surface area contributed by atoms with Crippen molar-refractivity contribution in [2.45, 2.75) is 6.18 Å². The van der Waals surface area contributed by atoms with E-state index in [2.05, 4.69) is 5.16 Å². The molecule has 1 rings (SSSR count). The van der Waals surface area contributed by atoms with Crippen LogP contribution in [-0.2, 0) is 4.79 Å². The zero-order chi connectivity index (χ0) is 11.5. The van der Waals surface area contributed by atoms with Crippen molar-refractivity contribution in [2.24, 2.45) is 5.16 Å². The molecule has 0 unspecified atom stereocenters. The van der Waals surface area contributed by atoms with E-state index < -0.39 is 17.7 Å². The van der Waals surface area contributed by atoms with E-state index >= 15 is 0 Å². The third-order valence-electron chi connectivity index (χ3n) is 1.62. The summed E-state index contributed by atoms with van der Waals surface area (Å²) in [5.74, 6) is -2.17. The zero-order valence-electron chi connectivity index (χ0n) is 7.32. The molecular weight excluding hydrogens is 211 g/mol. The van der Waals surface area contributed by atoms with Gasteiger partial charge in [-0.15, -0.1) is 0 Å². The number of alkyl halides is 3. The Morgan fingerprint density at radius 1 is 1.20 bits per heavy atom. The predicted molar refractivity (Wildman–Crippen MR) is 45.8 cm³/mol. The van der Waals surface area contributed by atoms with Gasteiger partial charge in [-0.3, -0.25) is 4.79 Å². The molecule has 0 atom stereocenters. The summed E-state index contributed by atoms with van der Waals surface area (Å²) in [6, 6.07) is 6.93. The summed E-state index contributed by atoms with van der Waals surface area (Å²) in [4.78, 5) is 10.8. The first-order valence-electron chi connectivity index (χ1n) is 3.86. The Hall–Kier alpha value is -1.85. The lowest BCUT2D eigenvalue weighted by Crippen LogP contribution is -2.31. The van der Waals surface area contributed by atoms with Gasteiger partial charge in [0.05, 0.1) is 0 Å². The number of nitrogens with zero attached hydrogens (tertiary/aromatic N) is 1. The molecule has 0 amide bonds. The number of carbonyl (C=O) groups excluding carboxylic acids is 1. The van der Waals surface area contributed by atoms with Gasteiger partial charge in [-0.1, -0.05) is 35.5 Å². The van der Waals surface area contributed by atoms with Gasteiger partial charge in [-0.25, -0.2) is 0 Å². The third kappa shape index (κ3) is 2.55. The van der Waals surface area contributed by atoms with E-state index in [-0.39, 0.29) is 5.56 Å². The van der Waals surface area contributed by atoms with Crippen molar-refractivity contribution in [3.8, 4) is 0 Å². The minimum absolute atomic E-state index is 0.0812. The highest BCUT2D eigenvalue weighted by atomic mass is 19.4. The lowest BCUT2D eigenvalue weighted by atomic mass is 10.1. The van der Waals surface area contributed by atoms with Crippen LogP contribution in [-0.4, -0.2) is 22.9 Å². The summed E-state index contributed by atoms with van der Waals surface area (Å²) < 4.78 is 36.1. The molecule has 15 heavy (non-hydrogen) atoms. The number of benzene rings is 1. The highest BCUT2D eigenvalue weighted by molar-refractivity contribution is 6.47. The molecule has 1 aromatic rings. The lowest BCUT2D eigenvalue weighted by Gasteiger charge is -2.06. The molecule has 0 aliphatic carbocycles. The first-order valence-corrected chi connectivity index (χ1v) is 3.86. The predicted octanol–water partition coefficient (Wildman–Crippen LogP) is 2.00. The van der Waals surface area contributed by atoms with Crippen molar-refractivity contribution in [3.63, 3.8) is 0 Å². The summed E-state index contributed by atoms with van der Waals surface area (Å²) in [5.41, 5.74) is -1.09. The molecule has 0 saturated heterocycles. The van der Waals surface area contributed by atoms with Gasteiger partial charge in [0.2, 0.25) is 0 Å². The molecule has 0 heterocycles. The number of carbonyl (C=O) groups is 1. The summed E-state index contributed by atoms with van der Waals surface area (Å²) in [6.07, 6.45) is -5.04. The van der Waals surface area contributed by atoms with Crippen LogP contribution in [0.15, 0.2) is 35.5 Å². The third-order valence-corrected chi connectivity index (χ3v) is 1.62. The summed E-state index contributed by atoms with van der Waals surface area (Å²) in [6.45, 7) is 0. The van der Waals surface area contributed by atoms with Gasteiger partial charge in [0.15, 0.2) is 5.71 Å². The Morgan fingerprint density at radius 2 is 1.73 bits per heavy atom. The van der Waals surface area contributed by atoms with E-state index in [4.69, 9.17) is 5.21 Å². The fourth-order valence-corrected chi connectivity index (χ4v) is 0.965. The molecule has 1 aromatic carbocycles. The van der Waals surface area contributed by atoms with Gasteiger partial charge < -0.3 is 5.21 Å². The summed E-state index contributed by atoms with van der Waals surface area (Å²) in [7, 11) is 0. The molecule has 0 radical (unpaired) electrons. The maximum atomic E-state index is 12.0. The smallest absolute Gasteiger partial charge is 0.410 e. The maximum Gasteiger partial charge on any atom is 0.456 e. The van der Waals surface area contributed by atoms with E-state index in [1.807, 2.05) is 0 Å². The molecule has 0 aromatic heterocycles. The Morgan fingerprint density at radius 3 is 2.13 bits per heavy atom. The number of rotatable bonds is 2. The van der Waals surface area contributed by atoms with Crippen LogP contribution in [0, 0.1) is 0 Å². The van der Waals surface area contributed by atoms with Gasteiger partial charge in [-0.05, 0) is 0 Å². The topological polar surface area (TPSA) is 49.7 Å². The second-order valence-electron chi connectivity index (χ2n) is 2.64. The molecule has 0 fully saturated rings. The summed E-state index contributed by atoms with van der Waals surface area (Å²) in [5, 5.41) is 10.8. The summed E-state index contributed by atoms with van der Waals surface area (Å²) >= 11 is 0. The van der Waals surface area contributed by atoms with Crippen LogP contribution in [0.4, 0.5) is 13.2 Å². The van der Waals surface area contributed by atoms with Crippen molar-refractivity contribution in [1.82, 2.24) is 0 Å². The monoisotopic (exact) mass is 217 g/mol. The highest BCUT2D eigenvalue weighted by Crippen LogP contribution is 2.19. The molecular formula is C9H6F3NO2. The fraction of sp³-hybridized carbons (Fsp3) is 0.111. The van der Waals surface area contributed by atoms with E-state index in [1.165, 1.54) is 24.3 Å². The molecule has 1 N–H and O–H groups in total. The largest absolute Gasteiger partial charge is 0.456 e.